The van der Waals surface area contributed by atoms with Gasteiger partial charge < -0.3 is 9.15 Å². The zero-order valence-corrected chi connectivity index (χ0v) is 22.1. The highest BCUT2D eigenvalue weighted by molar-refractivity contribution is 7.16. The highest BCUT2D eigenvalue weighted by Gasteiger charge is 2.29. The van der Waals surface area contributed by atoms with Crippen molar-refractivity contribution in [2.75, 3.05) is 13.2 Å². The van der Waals surface area contributed by atoms with Gasteiger partial charge in [0.25, 0.3) is 5.69 Å². The molecule has 10 heteroatoms. The number of ether oxygens (including phenoxy) is 1. The van der Waals surface area contributed by atoms with Crippen molar-refractivity contribution in [2.24, 2.45) is 4.99 Å². The van der Waals surface area contributed by atoms with Crippen LogP contribution in [0.5, 0.6) is 0 Å². The lowest BCUT2D eigenvalue weighted by molar-refractivity contribution is -0.384. The minimum absolute atomic E-state index is 0.147. The predicted octanol–water partition coefficient (Wildman–Crippen LogP) is 7.06. The van der Waals surface area contributed by atoms with Crippen LogP contribution in [0.1, 0.15) is 39.0 Å². The molecule has 0 fully saturated rings. The zero-order valence-electron chi connectivity index (χ0n) is 20.6. The minimum atomic E-state index is -0.500. The maximum absolute atomic E-state index is 12.9. The number of halogens is 1. The van der Waals surface area contributed by atoms with Crippen LogP contribution >= 0.6 is 22.9 Å². The number of carbonyl (C=O) groups excluding carboxylic acids is 1. The van der Waals surface area contributed by atoms with Crippen molar-refractivity contribution in [2.45, 2.75) is 26.4 Å². The van der Waals surface area contributed by atoms with E-state index < -0.39 is 4.92 Å². The summed E-state index contributed by atoms with van der Waals surface area (Å²) in [6.07, 6.45) is 2.25. The standard InChI is InChI=1S/C28H24ClN3O5S/c1-2-36-28(33)26-22-12-13-31(16-18-6-4-3-5-7-18)17-25(22)38-27(26)30-15-20-9-11-24(37-20)21-10-8-19(29)14-23(21)32(34)35/h3-11,14-15H,2,12-13,16-17H2,1H3. The van der Waals surface area contributed by atoms with Gasteiger partial charge in [0.2, 0.25) is 0 Å². The van der Waals surface area contributed by atoms with E-state index in [1.165, 1.54) is 29.2 Å². The second-order valence-corrected chi connectivity index (χ2v) is 10.2. The Balaban J connectivity index is 1.41. The lowest BCUT2D eigenvalue weighted by atomic mass is 10.0. The second kappa shape index (κ2) is 11.3. The molecule has 0 saturated carbocycles. The summed E-state index contributed by atoms with van der Waals surface area (Å²) in [6, 6.07) is 18.0. The number of carbonyl (C=O) groups is 1. The first-order chi connectivity index (χ1) is 18.4. The molecule has 3 heterocycles. The first-order valence-electron chi connectivity index (χ1n) is 12.1. The molecule has 2 aromatic heterocycles. The Morgan fingerprint density at radius 3 is 2.82 bits per heavy atom. The fourth-order valence-corrected chi connectivity index (χ4v) is 5.86. The van der Waals surface area contributed by atoms with E-state index in [2.05, 4.69) is 22.0 Å². The molecule has 38 heavy (non-hydrogen) atoms. The van der Waals surface area contributed by atoms with Gasteiger partial charge in [-0.2, -0.15) is 0 Å². The van der Waals surface area contributed by atoms with Gasteiger partial charge in [0.05, 0.1) is 28.9 Å². The van der Waals surface area contributed by atoms with E-state index >= 15 is 0 Å². The maximum Gasteiger partial charge on any atom is 0.341 e. The second-order valence-electron chi connectivity index (χ2n) is 8.73. The lowest BCUT2D eigenvalue weighted by Gasteiger charge is -2.27. The van der Waals surface area contributed by atoms with Crippen molar-refractivity contribution < 1.29 is 18.9 Å². The van der Waals surface area contributed by atoms with Crippen LogP contribution in [0.25, 0.3) is 11.3 Å². The predicted molar refractivity (Wildman–Crippen MR) is 148 cm³/mol. The summed E-state index contributed by atoms with van der Waals surface area (Å²) in [5.41, 5.74) is 2.90. The number of hydrogen-bond donors (Lipinski definition) is 0. The molecule has 0 spiro atoms. The van der Waals surface area contributed by atoms with Gasteiger partial charge in [-0.3, -0.25) is 15.0 Å². The number of benzene rings is 2. The van der Waals surface area contributed by atoms with Crippen LogP contribution in [-0.2, 0) is 24.2 Å². The van der Waals surface area contributed by atoms with E-state index in [0.717, 1.165) is 36.5 Å². The van der Waals surface area contributed by atoms with Crippen molar-refractivity contribution in [3.63, 3.8) is 0 Å². The zero-order chi connectivity index (χ0) is 26.6. The summed E-state index contributed by atoms with van der Waals surface area (Å²) < 4.78 is 11.2. The third-order valence-corrected chi connectivity index (χ3v) is 7.56. The van der Waals surface area contributed by atoms with E-state index in [1.54, 1.807) is 31.2 Å². The Morgan fingerprint density at radius 1 is 1.24 bits per heavy atom. The molecule has 4 aromatic rings. The maximum atomic E-state index is 12.9. The Kier molecular flexibility index (Phi) is 7.69. The third-order valence-electron chi connectivity index (χ3n) is 6.20. The van der Waals surface area contributed by atoms with E-state index in [-0.39, 0.29) is 23.3 Å². The monoisotopic (exact) mass is 549 g/mol. The van der Waals surface area contributed by atoms with Gasteiger partial charge in [0.1, 0.15) is 16.5 Å². The first kappa shape index (κ1) is 25.8. The average molecular weight is 550 g/mol. The first-order valence-corrected chi connectivity index (χ1v) is 13.3. The van der Waals surface area contributed by atoms with Gasteiger partial charge >= 0.3 is 5.97 Å². The molecule has 0 saturated heterocycles. The summed E-state index contributed by atoms with van der Waals surface area (Å²) >= 11 is 7.41. The Hall–Kier alpha value is -3.79. The van der Waals surface area contributed by atoms with Crippen molar-refractivity contribution in [1.82, 2.24) is 4.90 Å². The number of hydrogen-bond acceptors (Lipinski definition) is 8. The molecule has 2 aromatic carbocycles. The van der Waals surface area contributed by atoms with E-state index in [1.807, 2.05) is 18.2 Å². The molecule has 0 amide bonds. The van der Waals surface area contributed by atoms with Crippen LogP contribution in [-0.4, -0.2) is 35.2 Å². The highest BCUT2D eigenvalue weighted by Crippen LogP contribution is 2.40. The molecule has 5 rings (SSSR count). The topological polar surface area (TPSA) is 98.2 Å². The van der Waals surface area contributed by atoms with E-state index in [0.29, 0.717) is 27.6 Å². The summed E-state index contributed by atoms with van der Waals surface area (Å²) in [5.74, 6) is 0.337. The van der Waals surface area contributed by atoms with Crippen LogP contribution in [0.3, 0.4) is 0 Å². The van der Waals surface area contributed by atoms with Gasteiger partial charge in [-0.25, -0.2) is 9.79 Å². The molecule has 8 nitrogen and oxygen atoms in total. The Bertz CT molecular complexity index is 1510. The van der Waals surface area contributed by atoms with Crippen molar-refractivity contribution >= 4 is 45.8 Å². The van der Waals surface area contributed by atoms with Gasteiger partial charge in [0, 0.05) is 35.6 Å². The van der Waals surface area contributed by atoms with Crippen LogP contribution in [0, 0.1) is 10.1 Å². The quantitative estimate of drug-likeness (QED) is 0.101. The Labute approximate surface area is 228 Å². The Morgan fingerprint density at radius 2 is 2.05 bits per heavy atom. The van der Waals surface area contributed by atoms with Crippen LogP contribution in [0.2, 0.25) is 5.02 Å². The van der Waals surface area contributed by atoms with Gasteiger partial charge in [-0.15, -0.1) is 11.3 Å². The number of rotatable bonds is 8. The summed E-state index contributed by atoms with van der Waals surface area (Å²) in [4.78, 5) is 31.9. The fourth-order valence-electron chi connectivity index (χ4n) is 4.48. The molecule has 0 bridgehead atoms. The molecule has 0 unspecified atom stereocenters. The minimum Gasteiger partial charge on any atom is -0.462 e. The lowest BCUT2D eigenvalue weighted by Crippen LogP contribution is -2.29. The van der Waals surface area contributed by atoms with Crippen molar-refractivity contribution in [3.8, 4) is 11.3 Å². The average Bonchev–Trinajstić information content (AvgIpc) is 3.52. The van der Waals surface area contributed by atoms with Crippen molar-refractivity contribution in [1.29, 1.82) is 0 Å². The van der Waals surface area contributed by atoms with Crippen LogP contribution in [0.4, 0.5) is 10.7 Å². The number of nitro benzene ring substituents is 1. The van der Waals surface area contributed by atoms with Crippen LogP contribution in [0.15, 0.2) is 70.1 Å². The summed E-state index contributed by atoms with van der Waals surface area (Å²) in [7, 11) is 0. The molecule has 0 N–H and O–H groups in total. The molecular formula is C28H24ClN3O5S. The van der Waals surface area contributed by atoms with E-state index in [4.69, 9.17) is 20.8 Å². The number of nitro groups is 1. The fraction of sp³-hybridized carbons (Fsp3) is 0.214. The largest absolute Gasteiger partial charge is 0.462 e. The number of fused-ring (bicyclic) bond motifs is 1. The number of thiophene rings is 1. The number of furan rings is 1. The van der Waals surface area contributed by atoms with Crippen molar-refractivity contribution in [3.05, 3.63) is 103 Å². The number of aliphatic imine (C=N–C) groups is 1. The normalized spacial score (nSPS) is 13.5. The van der Waals surface area contributed by atoms with E-state index in [9.17, 15) is 14.9 Å². The SMILES string of the molecule is CCOC(=O)c1c(N=Cc2ccc(-c3ccc(Cl)cc3[N+](=O)[O-])o2)sc2c1CCN(Cc1ccccc1)C2. The molecular weight excluding hydrogens is 526 g/mol. The molecule has 1 aliphatic rings. The number of nitrogens with zero attached hydrogens (tertiary/aromatic N) is 3. The van der Waals surface area contributed by atoms with Gasteiger partial charge in [-0.1, -0.05) is 41.9 Å². The molecule has 0 aliphatic carbocycles. The van der Waals surface area contributed by atoms with Gasteiger partial charge in [-0.05, 0) is 48.7 Å². The number of esters is 1. The van der Waals surface area contributed by atoms with Gasteiger partial charge in [0.15, 0.2) is 0 Å². The molecule has 1 aliphatic heterocycles. The summed E-state index contributed by atoms with van der Waals surface area (Å²) in [5, 5.41) is 12.3. The molecule has 194 valence electrons. The molecule has 0 radical (unpaired) electrons. The summed E-state index contributed by atoms with van der Waals surface area (Å²) in [6.45, 7) is 4.44. The smallest absolute Gasteiger partial charge is 0.341 e. The van der Waals surface area contributed by atoms with Crippen LogP contribution < -0.4 is 0 Å². The third kappa shape index (κ3) is 5.55. The highest BCUT2D eigenvalue weighted by atomic mass is 35.5. The molecule has 0 atom stereocenters.